The number of anilines is 2. The number of nitrogens with two attached hydrogens (primary N) is 1. The van der Waals surface area contributed by atoms with Crippen LogP contribution in [0.3, 0.4) is 0 Å². The topological polar surface area (TPSA) is 186 Å². The van der Waals surface area contributed by atoms with Crippen LogP contribution in [-0.2, 0) is 31.9 Å². The van der Waals surface area contributed by atoms with Crippen molar-refractivity contribution >= 4 is 114 Å². The number of aromatic nitrogens is 2. The molecule has 58 heavy (non-hydrogen) atoms. The van der Waals surface area contributed by atoms with Crippen molar-refractivity contribution < 1.29 is 33.8 Å². The first-order chi connectivity index (χ1) is 27.3. The van der Waals surface area contributed by atoms with Crippen LogP contribution in [0.2, 0.25) is 20.1 Å². The summed E-state index contributed by atoms with van der Waals surface area (Å²) in [5.74, 6) is -0.356. The Hall–Kier alpha value is -3.41. The molecule has 0 radical (unpaired) electrons. The number of hydrogen-bond donors (Lipinski definition) is 4. The summed E-state index contributed by atoms with van der Waals surface area (Å²) < 4.78 is 8.99. The van der Waals surface area contributed by atoms with Crippen LogP contribution in [-0.4, -0.2) is 76.9 Å². The number of β-lactam (4-membered cyclic amide) rings is 1. The molecule has 1 fully saturated rings. The second-order valence-electron chi connectivity index (χ2n) is 13.4. The fourth-order valence-corrected chi connectivity index (χ4v) is 8.27. The van der Waals surface area contributed by atoms with E-state index in [2.05, 4.69) is 48.0 Å². The minimum absolute atomic E-state index is 0.116. The summed E-state index contributed by atoms with van der Waals surface area (Å²) in [6, 6.07) is 9.25. The molecule has 20 heteroatoms. The van der Waals surface area contributed by atoms with Crippen LogP contribution in [0.4, 0.5) is 19.9 Å². The van der Waals surface area contributed by atoms with Gasteiger partial charge >= 0.3 is 17.5 Å². The van der Waals surface area contributed by atoms with Crippen LogP contribution in [0.15, 0.2) is 36.4 Å². The molecule has 3 heterocycles. The number of thiazole rings is 2. The summed E-state index contributed by atoms with van der Waals surface area (Å²) >= 11 is 32.0. The van der Waals surface area contributed by atoms with Gasteiger partial charge in [-0.1, -0.05) is 86.2 Å². The molecule has 2 unspecified atom stereocenters. The van der Waals surface area contributed by atoms with Gasteiger partial charge in [-0.25, -0.2) is 19.6 Å². The fraction of sp³-hybridized carbons (Fsp3) is 0.421. The number of carboxylic acid groups (broad SMARTS) is 1. The van der Waals surface area contributed by atoms with Crippen molar-refractivity contribution in [3.63, 3.8) is 0 Å². The minimum atomic E-state index is -1.05. The van der Waals surface area contributed by atoms with E-state index in [0.29, 0.717) is 55.3 Å². The van der Waals surface area contributed by atoms with Crippen LogP contribution in [0.5, 0.6) is 0 Å². The Morgan fingerprint density at radius 2 is 1.38 bits per heavy atom. The lowest BCUT2D eigenvalue weighted by molar-refractivity contribution is -0.138. The highest BCUT2D eigenvalue weighted by Gasteiger charge is 2.41. The molecule has 2 atom stereocenters. The molecule has 1 aliphatic rings. The lowest BCUT2D eigenvalue weighted by Crippen LogP contribution is -2.64. The van der Waals surface area contributed by atoms with Crippen molar-refractivity contribution in [1.29, 1.82) is 0 Å². The maximum absolute atomic E-state index is 12.5. The number of carbonyl (C=O) groups excluding carboxylic acids is 3. The Bertz CT molecular complexity index is 2050. The summed E-state index contributed by atoms with van der Waals surface area (Å²) in [5, 5.41) is 17.6. The monoisotopic (exact) mass is 936 g/mol. The second kappa shape index (κ2) is 23.4. The number of carboxylic acids is 1. The van der Waals surface area contributed by atoms with Gasteiger partial charge in [0.1, 0.15) is 12.1 Å². The molecule has 316 valence electrons. The number of aliphatic carboxylic acids is 1. The molecule has 0 spiro atoms. The Balaban J connectivity index is 0.000000275. The van der Waals surface area contributed by atoms with Gasteiger partial charge in [0.05, 0.1) is 51.2 Å². The third kappa shape index (κ3) is 14.7. The molecular weight excluding hydrogens is 894 g/mol. The molecule has 0 aliphatic carbocycles. The number of amides is 2. The predicted octanol–water partition coefficient (Wildman–Crippen LogP) is 10.3. The first-order valence-electron chi connectivity index (χ1n) is 18.0. The van der Waals surface area contributed by atoms with Crippen LogP contribution in [0, 0.1) is 11.8 Å². The lowest BCUT2D eigenvalue weighted by atomic mass is 10.0. The first-order valence-corrected chi connectivity index (χ1v) is 21.6. The van der Waals surface area contributed by atoms with Crippen molar-refractivity contribution in [2.24, 2.45) is 17.6 Å². The molecule has 2 aromatic heterocycles. The standard InChI is InChI=1S/C19H21Cl2N3O3S.C16H19Cl2N3O2S.C3H5ClO2/c1-4-27-19(26)22-14-9-24(17(14)25)18-23-16(15(28-18)7-10(2)3)11-5-6-12(20)13(21)8-11;1-8(2)5-13-14(9-3-4-10(17)11(18)6-9)21-16(24-13)20-7-12(19)15(22)23;1-2-6-3(4)5/h5-6,8,10,14H,4,7,9H2,1-3H3,(H,22,26);3-4,6,8,12H,5,7,19H2,1-2H3,(H,20,21)(H,22,23);2H2,1H3. The third-order valence-electron chi connectivity index (χ3n) is 7.73. The van der Waals surface area contributed by atoms with Crippen LogP contribution >= 0.6 is 80.7 Å². The largest absolute Gasteiger partial charge is 0.480 e. The summed E-state index contributed by atoms with van der Waals surface area (Å²) in [5.41, 5.74) is 8.17. The summed E-state index contributed by atoms with van der Waals surface area (Å²) in [4.78, 5) is 57.4. The maximum Gasteiger partial charge on any atom is 0.407 e. The Labute approximate surface area is 370 Å². The number of nitrogens with zero attached hydrogens (tertiary/aromatic N) is 3. The van der Waals surface area contributed by atoms with Gasteiger partial charge in [0.25, 0.3) is 5.91 Å². The highest BCUT2D eigenvalue weighted by Crippen LogP contribution is 2.39. The van der Waals surface area contributed by atoms with Crippen LogP contribution in [0.1, 0.15) is 51.3 Å². The Kier molecular flexibility index (Phi) is 19.7. The molecule has 4 aromatic rings. The maximum atomic E-state index is 12.5. The minimum Gasteiger partial charge on any atom is -0.480 e. The van der Waals surface area contributed by atoms with Gasteiger partial charge in [0.15, 0.2) is 10.3 Å². The zero-order valence-corrected chi connectivity index (χ0v) is 38.0. The zero-order chi connectivity index (χ0) is 43.3. The highest BCUT2D eigenvalue weighted by molar-refractivity contribution is 7.16. The smallest absolute Gasteiger partial charge is 0.407 e. The number of benzene rings is 2. The summed E-state index contributed by atoms with van der Waals surface area (Å²) in [6.45, 7) is 13.0. The van der Waals surface area contributed by atoms with Crippen molar-refractivity contribution in [3.05, 3.63) is 66.2 Å². The summed E-state index contributed by atoms with van der Waals surface area (Å²) in [6.07, 6.45) is 1.11. The number of nitrogens with one attached hydrogen (secondary N) is 2. The number of alkyl carbamates (subject to hydrolysis) is 1. The molecular formula is C38H45Cl5N6O7S2. The van der Waals surface area contributed by atoms with Gasteiger partial charge in [-0.15, -0.1) is 22.7 Å². The van der Waals surface area contributed by atoms with E-state index in [-0.39, 0.29) is 19.1 Å². The zero-order valence-electron chi connectivity index (χ0n) is 32.5. The van der Waals surface area contributed by atoms with Crippen molar-refractivity contribution in [2.45, 2.75) is 66.5 Å². The SMILES string of the molecule is CC(C)Cc1sc(NCC(N)C(=O)O)nc1-c1ccc(Cl)c(Cl)c1.CCOC(=O)Cl.CCOC(=O)NC1CN(c2nc(-c3ccc(Cl)c(Cl)c3)c(CC(C)C)s2)C1=O. The normalized spacial score (nSPS) is 13.8. The first kappa shape index (κ1) is 49.0. The molecule has 1 aliphatic heterocycles. The third-order valence-corrected chi connectivity index (χ3v) is 11.5. The summed E-state index contributed by atoms with van der Waals surface area (Å²) in [7, 11) is 0. The van der Waals surface area contributed by atoms with E-state index < -0.39 is 29.6 Å². The molecule has 0 bridgehead atoms. The van der Waals surface area contributed by atoms with E-state index in [1.165, 1.54) is 22.7 Å². The molecule has 5 N–H and O–H groups in total. The van der Waals surface area contributed by atoms with E-state index in [0.717, 1.165) is 45.1 Å². The van der Waals surface area contributed by atoms with Crippen molar-refractivity contribution in [1.82, 2.24) is 15.3 Å². The number of hydrogen-bond acceptors (Lipinski definition) is 12. The van der Waals surface area contributed by atoms with Gasteiger partial charge in [-0.3, -0.25) is 14.5 Å². The predicted molar refractivity (Wildman–Crippen MR) is 235 cm³/mol. The van der Waals surface area contributed by atoms with E-state index in [4.69, 9.17) is 78.6 Å². The highest BCUT2D eigenvalue weighted by atomic mass is 35.5. The van der Waals surface area contributed by atoms with Gasteiger partial charge < -0.3 is 30.9 Å². The quantitative estimate of drug-likeness (QED) is 0.0696. The van der Waals surface area contributed by atoms with Crippen LogP contribution in [0.25, 0.3) is 22.5 Å². The van der Waals surface area contributed by atoms with Gasteiger partial charge in [-0.05, 0) is 62.8 Å². The van der Waals surface area contributed by atoms with Gasteiger partial charge in [0.2, 0.25) is 0 Å². The van der Waals surface area contributed by atoms with E-state index in [1.54, 1.807) is 43.0 Å². The van der Waals surface area contributed by atoms with Gasteiger partial charge in [0, 0.05) is 39.0 Å². The average Bonchev–Trinajstić information content (AvgIpc) is 3.74. The molecule has 2 aromatic carbocycles. The molecule has 1 saturated heterocycles. The van der Waals surface area contributed by atoms with Gasteiger partial charge in [-0.2, -0.15) is 0 Å². The number of halogens is 5. The van der Waals surface area contributed by atoms with Crippen molar-refractivity contribution in [2.75, 3.05) is 36.5 Å². The van der Waals surface area contributed by atoms with Crippen molar-refractivity contribution in [3.8, 4) is 22.5 Å². The number of carbonyl (C=O) groups is 4. The number of rotatable bonds is 14. The lowest BCUT2D eigenvalue weighted by Gasteiger charge is -2.36. The molecule has 2 amide bonds. The molecule has 13 nitrogen and oxygen atoms in total. The van der Waals surface area contributed by atoms with E-state index in [1.807, 2.05) is 12.1 Å². The van der Waals surface area contributed by atoms with E-state index in [9.17, 15) is 19.2 Å². The van der Waals surface area contributed by atoms with Crippen LogP contribution < -0.4 is 21.3 Å². The second-order valence-corrected chi connectivity index (χ2v) is 17.5. The van der Waals surface area contributed by atoms with E-state index >= 15 is 0 Å². The molecule has 0 saturated carbocycles. The Morgan fingerprint density at radius 1 is 0.862 bits per heavy atom. The average molecular weight is 939 g/mol. The molecule has 5 rings (SSSR count). The Morgan fingerprint density at radius 3 is 1.81 bits per heavy atom. The fourth-order valence-electron chi connectivity index (χ4n) is 5.06. The number of ether oxygens (including phenoxy) is 2.